The van der Waals surface area contributed by atoms with E-state index in [0.29, 0.717) is 30.1 Å². The van der Waals surface area contributed by atoms with Crippen LogP contribution in [0.4, 0.5) is 0 Å². The molecule has 1 N–H and O–H groups in total. The molecule has 0 atom stereocenters. The predicted molar refractivity (Wildman–Crippen MR) is 44.0 cm³/mol. The van der Waals surface area contributed by atoms with Crippen molar-refractivity contribution in [2.24, 2.45) is 0 Å². The Morgan fingerprint density at radius 1 is 1.44 bits per heavy atom. The number of rotatable bonds is 0. The summed E-state index contributed by atoms with van der Waals surface area (Å²) in [5, 5.41) is 9.12. The van der Waals surface area contributed by atoms with Crippen LogP contribution in [-0.4, -0.2) is 29.5 Å². The van der Waals surface area contributed by atoms with Crippen molar-refractivity contribution < 1.29 is 5.11 Å². The van der Waals surface area contributed by atoms with Crippen LogP contribution in [0, 0.1) is 0 Å². The van der Waals surface area contributed by atoms with Crippen LogP contribution in [0.3, 0.4) is 0 Å². The monoisotopic (exact) mass is 288 g/mol. The first kappa shape index (κ1) is 7.48. The first-order valence-corrected chi connectivity index (χ1v) is 6.30. The van der Waals surface area contributed by atoms with Crippen LogP contribution in [0.1, 0.15) is 0 Å². The molecule has 0 heterocycles. The maximum absolute atomic E-state index is 9.12. The third-order valence-corrected chi connectivity index (χ3v) is 4.08. The maximum atomic E-state index is 9.12. The Kier molecular flexibility index (Phi) is 2.47. The molecule has 0 aliphatic rings. The van der Waals surface area contributed by atoms with Crippen LogP contribution in [0.15, 0.2) is 22.7 Å². The SMILES string of the molecule is Oc1cc(Br)cc[c]1[InH2]. The Labute approximate surface area is 76.8 Å². The van der Waals surface area contributed by atoms with Gasteiger partial charge in [-0.1, -0.05) is 0 Å². The topological polar surface area (TPSA) is 20.2 Å². The minimum atomic E-state index is 0.412. The zero-order valence-electron chi connectivity index (χ0n) is 5.06. The van der Waals surface area contributed by atoms with Crippen LogP contribution in [0.5, 0.6) is 5.75 Å². The summed E-state index contributed by atoms with van der Waals surface area (Å²) in [6.07, 6.45) is 0. The quantitative estimate of drug-likeness (QED) is 0.733. The number of hydrogen-bond donors (Lipinski definition) is 1. The van der Waals surface area contributed by atoms with Gasteiger partial charge in [0.25, 0.3) is 0 Å². The zero-order valence-corrected chi connectivity index (χ0v) is 12.4. The fourth-order valence-electron chi connectivity index (χ4n) is 0.583. The Morgan fingerprint density at radius 2 is 2.11 bits per heavy atom. The van der Waals surface area contributed by atoms with E-state index in [9.17, 15) is 0 Å². The molecular weight excluding hydrogens is 283 g/mol. The molecule has 0 aliphatic carbocycles. The van der Waals surface area contributed by atoms with Crippen LogP contribution in [-0.2, 0) is 0 Å². The first-order chi connectivity index (χ1) is 4.20. The molecule has 0 saturated carbocycles. The summed E-state index contributed by atoms with van der Waals surface area (Å²) in [5.74, 6) is 0.431. The molecule has 1 aromatic rings. The molecule has 0 bridgehead atoms. The summed E-state index contributed by atoms with van der Waals surface area (Å²) in [7, 11) is 0. The van der Waals surface area contributed by atoms with Crippen LogP contribution in [0.25, 0.3) is 0 Å². The molecule has 3 heteroatoms. The molecule has 9 heavy (non-hydrogen) atoms. The van der Waals surface area contributed by atoms with Crippen molar-refractivity contribution >= 4 is 43.6 Å². The van der Waals surface area contributed by atoms with Gasteiger partial charge in [-0.15, -0.1) is 0 Å². The van der Waals surface area contributed by atoms with Gasteiger partial charge in [0.05, 0.1) is 0 Å². The number of benzene rings is 1. The molecule has 0 aromatic heterocycles. The second-order valence-electron chi connectivity index (χ2n) is 1.93. The van der Waals surface area contributed by atoms with Gasteiger partial charge in [0.2, 0.25) is 0 Å². The molecule has 1 rings (SSSR count). The fraction of sp³-hybridized carbons (Fsp3) is 0. The van der Waals surface area contributed by atoms with Crippen LogP contribution in [0.2, 0.25) is 0 Å². The number of phenolic OH excluding ortho intramolecular Hbond substituents is 1. The number of hydrogen-bond acceptors (Lipinski definition) is 1. The zero-order chi connectivity index (χ0) is 6.85. The first-order valence-electron chi connectivity index (χ1n) is 2.65. The van der Waals surface area contributed by atoms with Gasteiger partial charge in [-0.3, -0.25) is 0 Å². The summed E-state index contributed by atoms with van der Waals surface area (Å²) in [6, 6.07) is 5.63. The van der Waals surface area contributed by atoms with Gasteiger partial charge in [-0.25, -0.2) is 0 Å². The molecular formula is C6H6BrInO. The molecule has 0 radical (unpaired) electrons. The van der Waals surface area contributed by atoms with E-state index in [-0.39, 0.29) is 0 Å². The van der Waals surface area contributed by atoms with Gasteiger partial charge in [-0.05, 0) is 0 Å². The standard InChI is InChI=1S/C6H4BrO.In.2H/c7-5-2-1-3-6(8)4-5;;;/h1-2,4,8H;;;. The van der Waals surface area contributed by atoms with Gasteiger partial charge in [0, 0.05) is 0 Å². The van der Waals surface area contributed by atoms with Crippen LogP contribution >= 0.6 is 15.9 Å². The van der Waals surface area contributed by atoms with E-state index in [1.54, 1.807) is 6.07 Å². The molecule has 0 unspecified atom stereocenters. The van der Waals surface area contributed by atoms with Gasteiger partial charge in [0.15, 0.2) is 0 Å². The Morgan fingerprint density at radius 3 is 2.56 bits per heavy atom. The Bertz CT molecular complexity index is 224. The van der Waals surface area contributed by atoms with Gasteiger partial charge in [-0.2, -0.15) is 0 Å². The van der Waals surface area contributed by atoms with E-state index in [4.69, 9.17) is 5.11 Å². The van der Waals surface area contributed by atoms with E-state index in [1.165, 1.54) is 0 Å². The average molecular weight is 289 g/mol. The summed E-state index contributed by atoms with van der Waals surface area (Å²) in [4.78, 5) is 0. The van der Waals surface area contributed by atoms with Crippen molar-refractivity contribution in [3.05, 3.63) is 22.7 Å². The van der Waals surface area contributed by atoms with E-state index >= 15 is 0 Å². The van der Waals surface area contributed by atoms with E-state index in [0.717, 1.165) is 7.79 Å². The van der Waals surface area contributed by atoms with E-state index in [1.807, 2.05) is 12.1 Å². The van der Waals surface area contributed by atoms with Crippen molar-refractivity contribution in [1.29, 1.82) is 0 Å². The molecule has 0 saturated heterocycles. The third-order valence-electron chi connectivity index (χ3n) is 1.17. The normalized spacial score (nSPS) is 9.44. The average Bonchev–Trinajstić information content (AvgIpc) is 1.80. The van der Waals surface area contributed by atoms with Crippen molar-refractivity contribution in [2.45, 2.75) is 0 Å². The van der Waals surface area contributed by atoms with E-state index in [2.05, 4.69) is 15.9 Å². The van der Waals surface area contributed by atoms with Gasteiger partial charge in [0.1, 0.15) is 0 Å². The predicted octanol–water partition coefficient (Wildman–Crippen LogP) is 0.413. The van der Waals surface area contributed by atoms with Crippen molar-refractivity contribution in [3.8, 4) is 5.75 Å². The van der Waals surface area contributed by atoms with Gasteiger partial charge < -0.3 is 0 Å². The minimum absolute atomic E-state index is 0.412. The molecule has 1 aromatic carbocycles. The van der Waals surface area contributed by atoms with Crippen molar-refractivity contribution in [2.75, 3.05) is 0 Å². The third kappa shape index (κ3) is 1.90. The number of aromatic hydroxyl groups is 1. The number of halogens is 1. The fourth-order valence-corrected chi connectivity index (χ4v) is 1.82. The van der Waals surface area contributed by atoms with Gasteiger partial charge >= 0.3 is 77.2 Å². The van der Waals surface area contributed by atoms with E-state index < -0.39 is 0 Å². The second kappa shape index (κ2) is 2.97. The molecule has 1 nitrogen and oxygen atoms in total. The Hall–Kier alpha value is 0.370. The second-order valence-corrected chi connectivity index (χ2v) is 5.92. The van der Waals surface area contributed by atoms with Crippen molar-refractivity contribution in [1.82, 2.24) is 0 Å². The molecule has 0 spiro atoms. The molecule has 0 aliphatic heterocycles. The Balaban J connectivity index is 3.17. The molecule has 0 amide bonds. The van der Waals surface area contributed by atoms with Crippen molar-refractivity contribution in [3.63, 3.8) is 0 Å². The summed E-state index contributed by atoms with van der Waals surface area (Å²) >= 11 is 3.67. The summed E-state index contributed by atoms with van der Waals surface area (Å²) in [5.41, 5.74) is 0. The summed E-state index contributed by atoms with van der Waals surface area (Å²) < 4.78 is 2.05. The number of phenols is 1. The summed E-state index contributed by atoms with van der Waals surface area (Å²) in [6.45, 7) is 0. The molecule has 0 fully saturated rings. The van der Waals surface area contributed by atoms with Crippen LogP contribution < -0.4 is 3.32 Å². The molecule has 46 valence electrons.